The molecule has 2 amide bonds. The van der Waals surface area contributed by atoms with Crippen LogP contribution in [0, 0.1) is 0 Å². The number of amides is 2. The second-order valence-electron chi connectivity index (χ2n) is 4.37. The number of benzene rings is 2. The Bertz CT molecular complexity index is 715. The van der Waals surface area contributed by atoms with Crippen LogP contribution in [0.5, 0.6) is 17.2 Å². The molecule has 0 aliphatic carbocycles. The molecule has 0 heterocycles. The molecular formula is C15H14N2O5. The topological polar surface area (TPSA) is 108 Å². The fraction of sp³-hybridized carbons (Fsp3) is 0.0667. The van der Waals surface area contributed by atoms with Crippen LogP contribution >= 0.6 is 0 Å². The number of rotatable bonds is 4. The molecule has 0 saturated carbocycles. The van der Waals surface area contributed by atoms with Crippen molar-refractivity contribution in [2.75, 3.05) is 5.32 Å². The van der Waals surface area contributed by atoms with Gasteiger partial charge in [-0.15, -0.1) is 0 Å². The number of carbonyl (C=O) groups excluding carboxylic acids is 2. The number of phenols is 1. The van der Waals surface area contributed by atoms with Gasteiger partial charge in [-0.3, -0.25) is 14.8 Å². The van der Waals surface area contributed by atoms with Gasteiger partial charge in [-0.25, -0.2) is 5.48 Å². The molecule has 0 spiro atoms. The highest BCUT2D eigenvalue weighted by molar-refractivity contribution is 5.96. The smallest absolute Gasteiger partial charge is 0.278 e. The van der Waals surface area contributed by atoms with E-state index in [1.54, 1.807) is 12.1 Å². The lowest BCUT2D eigenvalue weighted by atomic mass is 10.2. The van der Waals surface area contributed by atoms with E-state index < -0.39 is 5.91 Å². The van der Waals surface area contributed by atoms with E-state index in [1.807, 2.05) is 0 Å². The number of para-hydroxylation sites is 2. The van der Waals surface area contributed by atoms with Crippen LogP contribution in [-0.2, 0) is 4.79 Å². The molecule has 114 valence electrons. The number of hydrogen-bond donors (Lipinski definition) is 4. The Kier molecular flexibility index (Phi) is 4.60. The van der Waals surface area contributed by atoms with Gasteiger partial charge in [-0.05, 0) is 24.3 Å². The summed E-state index contributed by atoms with van der Waals surface area (Å²) in [7, 11) is 0. The second kappa shape index (κ2) is 6.59. The molecule has 2 rings (SSSR count). The Morgan fingerprint density at radius 2 is 1.73 bits per heavy atom. The first kappa shape index (κ1) is 15.3. The van der Waals surface area contributed by atoms with Gasteiger partial charge in [0.2, 0.25) is 5.91 Å². The molecule has 0 aromatic heterocycles. The predicted molar refractivity (Wildman–Crippen MR) is 78.2 cm³/mol. The number of carbonyl (C=O) groups is 2. The van der Waals surface area contributed by atoms with E-state index >= 15 is 0 Å². The van der Waals surface area contributed by atoms with E-state index in [9.17, 15) is 14.7 Å². The van der Waals surface area contributed by atoms with E-state index in [-0.39, 0.29) is 34.4 Å². The van der Waals surface area contributed by atoms with Crippen molar-refractivity contribution in [1.82, 2.24) is 5.48 Å². The number of ether oxygens (including phenoxy) is 1. The minimum Gasteiger partial charge on any atom is -0.506 e. The number of hydrogen-bond acceptors (Lipinski definition) is 5. The van der Waals surface area contributed by atoms with E-state index in [2.05, 4.69) is 5.32 Å². The van der Waals surface area contributed by atoms with Gasteiger partial charge < -0.3 is 15.2 Å². The lowest BCUT2D eigenvalue weighted by Crippen LogP contribution is -2.19. The molecule has 2 aromatic rings. The molecule has 0 radical (unpaired) electrons. The molecule has 2 aromatic carbocycles. The van der Waals surface area contributed by atoms with Crippen molar-refractivity contribution < 1.29 is 24.6 Å². The monoisotopic (exact) mass is 302 g/mol. The summed E-state index contributed by atoms with van der Waals surface area (Å²) in [5.74, 6) is -0.971. The average molecular weight is 302 g/mol. The molecule has 0 unspecified atom stereocenters. The van der Waals surface area contributed by atoms with Crippen molar-refractivity contribution in [3.05, 3.63) is 48.0 Å². The molecule has 0 bridgehead atoms. The summed E-state index contributed by atoms with van der Waals surface area (Å²) in [6, 6.07) is 10.7. The van der Waals surface area contributed by atoms with Crippen LogP contribution in [0.2, 0.25) is 0 Å². The van der Waals surface area contributed by atoms with Crippen molar-refractivity contribution in [3.8, 4) is 17.2 Å². The van der Waals surface area contributed by atoms with Gasteiger partial charge in [0, 0.05) is 6.92 Å². The largest absolute Gasteiger partial charge is 0.506 e. The SMILES string of the molecule is CC(=O)Nc1c(O)cccc1Oc1ccccc1C(=O)NO. The standard InChI is InChI=1S/C15H14N2O5/c1-9(18)16-14-11(19)6-4-8-13(14)22-12-7-3-2-5-10(12)15(20)17-21/h2-8,19,21H,1H3,(H,16,18)(H,17,20). The van der Waals surface area contributed by atoms with Gasteiger partial charge in [0.15, 0.2) is 5.75 Å². The zero-order valence-corrected chi connectivity index (χ0v) is 11.7. The third-order valence-corrected chi connectivity index (χ3v) is 2.76. The molecule has 0 saturated heterocycles. The predicted octanol–water partition coefficient (Wildman–Crippen LogP) is 2.26. The summed E-state index contributed by atoms with van der Waals surface area (Å²) in [4.78, 5) is 22.8. The number of anilines is 1. The summed E-state index contributed by atoms with van der Waals surface area (Å²) < 4.78 is 5.60. The summed E-state index contributed by atoms with van der Waals surface area (Å²) in [6.07, 6.45) is 0. The van der Waals surface area contributed by atoms with Crippen molar-refractivity contribution in [2.24, 2.45) is 0 Å². The molecule has 0 aliphatic heterocycles. The Morgan fingerprint density at radius 3 is 2.41 bits per heavy atom. The van der Waals surface area contributed by atoms with Crippen LogP contribution in [0.1, 0.15) is 17.3 Å². The highest BCUT2D eigenvalue weighted by Gasteiger charge is 2.15. The summed E-state index contributed by atoms with van der Waals surface area (Å²) in [5, 5.41) is 21.0. The quantitative estimate of drug-likeness (QED) is 0.393. The van der Waals surface area contributed by atoms with Crippen LogP contribution in [0.3, 0.4) is 0 Å². The van der Waals surface area contributed by atoms with Crippen LogP contribution in [-0.4, -0.2) is 22.1 Å². The second-order valence-corrected chi connectivity index (χ2v) is 4.37. The normalized spacial score (nSPS) is 9.91. The molecule has 4 N–H and O–H groups in total. The Balaban J connectivity index is 2.42. The number of aromatic hydroxyl groups is 1. The summed E-state index contributed by atoms with van der Waals surface area (Å²) >= 11 is 0. The number of nitrogens with one attached hydrogen (secondary N) is 2. The van der Waals surface area contributed by atoms with Crippen LogP contribution in [0.15, 0.2) is 42.5 Å². The maximum atomic E-state index is 11.6. The van der Waals surface area contributed by atoms with Crippen LogP contribution < -0.4 is 15.5 Å². The van der Waals surface area contributed by atoms with E-state index in [0.717, 1.165) is 0 Å². The zero-order chi connectivity index (χ0) is 16.1. The van der Waals surface area contributed by atoms with Gasteiger partial charge >= 0.3 is 0 Å². The molecule has 7 heteroatoms. The fourth-order valence-corrected chi connectivity index (χ4v) is 1.83. The van der Waals surface area contributed by atoms with E-state index in [4.69, 9.17) is 9.94 Å². The fourth-order valence-electron chi connectivity index (χ4n) is 1.83. The van der Waals surface area contributed by atoms with E-state index in [0.29, 0.717) is 0 Å². The third kappa shape index (κ3) is 3.33. The first-order valence-corrected chi connectivity index (χ1v) is 6.34. The van der Waals surface area contributed by atoms with Crippen LogP contribution in [0.25, 0.3) is 0 Å². The Hall–Kier alpha value is -3.06. The number of phenolic OH excluding ortho intramolecular Hbond substituents is 1. The zero-order valence-electron chi connectivity index (χ0n) is 11.7. The molecule has 7 nitrogen and oxygen atoms in total. The van der Waals surface area contributed by atoms with Gasteiger partial charge in [0.1, 0.15) is 17.2 Å². The molecule has 22 heavy (non-hydrogen) atoms. The first-order chi connectivity index (χ1) is 10.5. The van der Waals surface area contributed by atoms with Crippen molar-refractivity contribution in [1.29, 1.82) is 0 Å². The lowest BCUT2D eigenvalue weighted by molar-refractivity contribution is -0.114. The Morgan fingerprint density at radius 1 is 1.05 bits per heavy atom. The molecule has 0 fully saturated rings. The Labute approximate surface area is 126 Å². The van der Waals surface area contributed by atoms with E-state index in [1.165, 1.54) is 42.7 Å². The highest BCUT2D eigenvalue weighted by Crippen LogP contribution is 2.37. The summed E-state index contributed by atoms with van der Waals surface area (Å²) in [6.45, 7) is 1.30. The average Bonchev–Trinajstić information content (AvgIpc) is 2.50. The maximum Gasteiger partial charge on any atom is 0.278 e. The molecule has 0 atom stereocenters. The van der Waals surface area contributed by atoms with Gasteiger partial charge in [-0.2, -0.15) is 0 Å². The van der Waals surface area contributed by atoms with Gasteiger partial charge in [-0.1, -0.05) is 18.2 Å². The van der Waals surface area contributed by atoms with Crippen molar-refractivity contribution >= 4 is 17.5 Å². The maximum absolute atomic E-state index is 11.6. The van der Waals surface area contributed by atoms with Crippen LogP contribution in [0.4, 0.5) is 5.69 Å². The molecule has 0 aliphatic rings. The highest BCUT2D eigenvalue weighted by atomic mass is 16.5. The van der Waals surface area contributed by atoms with Gasteiger partial charge in [0.05, 0.1) is 5.56 Å². The first-order valence-electron chi connectivity index (χ1n) is 6.34. The van der Waals surface area contributed by atoms with Gasteiger partial charge in [0.25, 0.3) is 5.91 Å². The third-order valence-electron chi connectivity index (χ3n) is 2.76. The van der Waals surface area contributed by atoms with Crippen molar-refractivity contribution in [2.45, 2.75) is 6.92 Å². The minimum atomic E-state index is -0.739. The minimum absolute atomic E-state index is 0.0919. The summed E-state index contributed by atoms with van der Waals surface area (Å²) in [5.41, 5.74) is 1.72. The number of hydroxylamine groups is 1. The lowest BCUT2D eigenvalue weighted by Gasteiger charge is -2.14. The molecular weight excluding hydrogens is 288 g/mol. The van der Waals surface area contributed by atoms with Crippen molar-refractivity contribution in [3.63, 3.8) is 0 Å².